The molecule has 7 heteroatoms. The smallest absolute Gasteiger partial charge is 0.203 e. The van der Waals surface area contributed by atoms with Crippen LogP contribution in [0.3, 0.4) is 0 Å². The van der Waals surface area contributed by atoms with Gasteiger partial charge in [-0.3, -0.25) is 4.99 Å². The Labute approximate surface area is 167 Å². The maximum atomic E-state index is 5.41. The quantitative estimate of drug-likeness (QED) is 0.413. The first-order valence-corrected chi connectivity index (χ1v) is 8.37. The standard InChI is InChI=1S/C18H29N3O3.HI/c1-13-7-6-8-21(12-13)18(19-2)20-11-14-9-15(22-3)17(24-5)16(10-14)23-4;/h9-10,13H,6-8,11-12H2,1-5H3,(H,19,20);1H. The Bertz CT molecular complexity index is 556. The van der Waals surface area contributed by atoms with Crippen LogP contribution < -0.4 is 19.5 Å². The summed E-state index contributed by atoms with van der Waals surface area (Å²) in [7, 11) is 6.69. The van der Waals surface area contributed by atoms with Gasteiger partial charge in [0.2, 0.25) is 5.75 Å². The lowest BCUT2D eigenvalue weighted by Gasteiger charge is -2.33. The van der Waals surface area contributed by atoms with Crippen LogP contribution in [0.5, 0.6) is 17.2 Å². The highest BCUT2D eigenvalue weighted by Crippen LogP contribution is 2.38. The van der Waals surface area contributed by atoms with Crippen molar-refractivity contribution in [3.05, 3.63) is 17.7 Å². The second-order valence-corrected chi connectivity index (χ2v) is 6.13. The number of hydrogen-bond donors (Lipinski definition) is 1. The summed E-state index contributed by atoms with van der Waals surface area (Å²) in [4.78, 5) is 6.75. The molecule has 0 spiro atoms. The van der Waals surface area contributed by atoms with Gasteiger partial charge < -0.3 is 24.4 Å². The number of nitrogens with zero attached hydrogens (tertiary/aromatic N) is 2. The van der Waals surface area contributed by atoms with Crippen molar-refractivity contribution >= 4 is 29.9 Å². The number of methoxy groups -OCH3 is 3. The Morgan fingerprint density at radius 3 is 2.32 bits per heavy atom. The van der Waals surface area contributed by atoms with Crippen molar-refractivity contribution in [3.8, 4) is 17.2 Å². The molecule has 2 rings (SSSR count). The molecule has 0 saturated carbocycles. The normalized spacial score (nSPS) is 17.6. The van der Waals surface area contributed by atoms with Crippen molar-refractivity contribution in [2.24, 2.45) is 10.9 Å². The molecule has 0 aromatic heterocycles. The number of hydrogen-bond acceptors (Lipinski definition) is 4. The number of benzene rings is 1. The highest BCUT2D eigenvalue weighted by Gasteiger charge is 2.19. The molecule has 0 radical (unpaired) electrons. The van der Waals surface area contributed by atoms with E-state index in [-0.39, 0.29) is 24.0 Å². The molecule has 1 N–H and O–H groups in total. The van der Waals surface area contributed by atoms with Crippen molar-refractivity contribution in [2.75, 3.05) is 41.5 Å². The predicted molar refractivity (Wildman–Crippen MR) is 112 cm³/mol. The monoisotopic (exact) mass is 463 g/mol. The summed E-state index contributed by atoms with van der Waals surface area (Å²) in [6.07, 6.45) is 2.51. The second-order valence-electron chi connectivity index (χ2n) is 6.13. The Balaban J connectivity index is 0.00000312. The van der Waals surface area contributed by atoms with E-state index >= 15 is 0 Å². The Hall–Kier alpha value is -1.38. The summed E-state index contributed by atoms with van der Waals surface area (Å²) in [5.74, 6) is 3.58. The Morgan fingerprint density at radius 1 is 1.20 bits per heavy atom. The minimum atomic E-state index is 0. The summed E-state index contributed by atoms with van der Waals surface area (Å²) >= 11 is 0. The summed E-state index contributed by atoms with van der Waals surface area (Å²) in [5.41, 5.74) is 1.05. The van der Waals surface area contributed by atoms with E-state index in [0.29, 0.717) is 29.7 Å². The van der Waals surface area contributed by atoms with Crippen LogP contribution in [-0.4, -0.2) is 52.3 Å². The number of guanidine groups is 1. The van der Waals surface area contributed by atoms with Crippen LogP contribution in [0.15, 0.2) is 17.1 Å². The largest absolute Gasteiger partial charge is 0.493 e. The lowest BCUT2D eigenvalue weighted by molar-refractivity contribution is 0.266. The number of nitrogens with one attached hydrogen (secondary N) is 1. The fourth-order valence-electron chi connectivity index (χ4n) is 3.13. The summed E-state index contributed by atoms with van der Waals surface area (Å²) in [6.45, 7) is 5.04. The van der Waals surface area contributed by atoms with Crippen LogP contribution in [0.1, 0.15) is 25.3 Å². The van der Waals surface area contributed by atoms with Crippen molar-refractivity contribution in [1.82, 2.24) is 10.2 Å². The molecular formula is C18H30IN3O3. The minimum Gasteiger partial charge on any atom is -0.493 e. The van der Waals surface area contributed by atoms with Gasteiger partial charge in [0.05, 0.1) is 21.3 Å². The molecule has 1 atom stereocenters. The first-order chi connectivity index (χ1) is 11.6. The molecule has 1 fully saturated rings. The van der Waals surface area contributed by atoms with Gasteiger partial charge in [-0.25, -0.2) is 0 Å². The third kappa shape index (κ3) is 5.55. The van der Waals surface area contributed by atoms with E-state index in [1.54, 1.807) is 21.3 Å². The molecule has 1 heterocycles. The molecule has 0 aliphatic carbocycles. The van der Waals surface area contributed by atoms with Crippen LogP contribution in [0, 0.1) is 5.92 Å². The number of rotatable bonds is 5. The van der Waals surface area contributed by atoms with Crippen LogP contribution in [-0.2, 0) is 6.54 Å². The molecule has 6 nitrogen and oxygen atoms in total. The summed E-state index contributed by atoms with van der Waals surface area (Å²) in [6, 6.07) is 3.92. The first-order valence-electron chi connectivity index (χ1n) is 8.37. The zero-order valence-corrected chi connectivity index (χ0v) is 18.1. The number of halogens is 1. The second kappa shape index (κ2) is 10.6. The van der Waals surface area contributed by atoms with Crippen molar-refractivity contribution in [2.45, 2.75) is 26.3 Å². The van der Waals surface area contributed by atoms with Gasteiger partial charge in [-0.1, -0.05) is 6.92 Å². The molecule has 1 aromatic carbocycles. The van der Waals surface area contributed by atoms with Crippen LogP contribution in [0.25, 0.3) is 0 Å². The molecule has 1 aromatic rings. The molecule has 1 aliphatic rings. The summed E-state index contributed by atoms with van der Waals surface area (Å²) < 4.78 is 16.2. The van der Waals surface area contributed by atoms with Gasteiger partial charge in [0, 0.05) is 26.7 Å². The molecular weight excluding hydrogens is 433 g/mol. The van der Waals surface area contributed by atoms with Crippen molar-refractivity contribution in [3.63, 3.8) is 0 Å². The van der Waals surface area contributed by atoms with E-state index < -0.39 is 0 Å². The fourth-order valence-corrected chi connectivity index (χ4v) is 3.13. The van der Waals surface area contributed by atoms with Gasteiger partial charge in [0.15, 0.2) is 17.5 Å². The van der Waals surface area contributed by atoms with Crippen molar-refractivity contribution in [1.29, 1.82) is 0 Å². The van der Waals surface area contributed by atoms with Gasteiger partial charge in [-0.05, 0) is 36.5 Å². The Morgan fingerprint density at radius 2 is 1.84 bits per heavy atom. The first kappa shape index (κ1) is 21.7. The van der Waals surface area contributed by atoms with Gasteiger partial charge in [-0.2, -0.15) is 0 Å². The Kier molecular flexibility index (Phi) is 9.16. The zero-order chi connectivity index (χ0) is 17.5. The lowest BCUT2D eigenvalue weighted by atomic mass is 10.0. The van der Waals surface area contributed by atoms with E-state index in [4.69, 9.17) is 14.2 Å². The molecule has 1 saturated heterocycles. The van der Waals surface area contributed by atoms with Gasteiger partial charge >= 0.3 is 0 Å². The van der Waals surface area contributed by atoms with Crippen LogP contribution in [0.2, 0.25) is 0 Å². The molecule has 0 amide bonds. The van der Waals surface area contributed by atoms with E-state index in [0.717, 1.165) is 24.6 Å². The zero-order valence-electron chi connectivity index (χ0n) is 15.8. The molecule has 1 aliphatic heterocycles. The fraction of sp³-hybridized carbons (Fsp3) is 0.611. The number of aliphatic imine (C=N–C) groups is 1. The highest BCUT2D eigenvalue weighted by molar-refractivity contribution is 14.0. The number of piperidine rings is 1. The summed E-state index contributed by atoms with van der Waals surface area (Å²) in [5, 5.41) is 3.44. The predicted octanol–water partition coefficient (Wildman–Crippen LogP) is 3.14. The van der Waals surface area contributed by atoms with Gasteiger partial charge in [-0.15, -0.1) is 24.0 Å². The maximum Gasteiger partial charge on any atom is 0.203 e. The van der Waals surface area contributed by atoms with E-state index in [1.807, 2.05) is 19.2 Å². The average molecular weight is 463 g/mol. The topological polar surface area (TPSA) is 55.3 Å². The average Bonchev–Trinajstić information content (AvgIpc) is 2.61. The number of likely N-dealkylation sites (tertiary alicyclic amines) is 1. The van der Waals surface area contributed by atoms with E-state index in [9.17, 15) is 0 Å². The number of ether oxygens (including phenoxy) is 3. The molecule has 0 bridgehead atoms. The third-order valence-corrected chi connectivity index (χ3v) is 4.34. The lowest BCUT2D eigenvalue weighted by Crippen LogP contribution is -2.45. The van der Waals surface area contributed by atoms with Gasteiger partial charge in [0.1, 0.15) is 0 Å². The highest BCUT2D eigenvalue weighted by atomic mass is 127. The van der Waals surface area contributed by atoms with Crippen molar-refractivity contribution < 1.29 is 14.2 Å². The van der Waals surface area contributed by atoms with E-state index in [1.165, 1.54) is 12.8 Å². The van der Waals surface area contributed by atoms with E-state index in [2.05, 4.69) is 22.1 Å². The molecule has 25 heavy (non-hydrogen) atoms. The third-order valence-electron chi connectivity index (χ3n) is 4.34. The molecule has 142 valence electrons. The molecule has 1 unspecified atom stereocenters. The maximum absolute atomic E-state index is 5.41. The van der Waals surface area contributed by atoms with Crippen LogP contribution in [0.4, 0.5) is 0 Å². The van der Waals surface area contributed by atoms with Crippen LogP contribution >= 0.6 is 24.0 Å². The SMILES string of the molecule is CN=C(NCc1cc(OC)c(OC)c(OC)c1)N1CCCC(C)C1.I. The minimum absolute atomic E-state index is 0. The van der Waals surface area contributed by atoms with Gasteiger partial charge in [0.25, 0.3) is 0 Å².